The van der Waals surface area contributed by atoms with Crippen molar-refractivity contribution in [2.24, 2.45) is 0 Å². The summed E-state index contributed by atoms with van der Waals surface area (Å²) in [6.45, 7) is -0.966. The van der Waals surface area contributed by atoms with E-state index in [2.05, 4.69) is 15.9 Å². The molecular weight excluding hydrogens is 460 g/mol. The lowest BCUT2D eigenvalue weighted by atomic mass is 10.2. The van der Waals surface area contributed by atoms with Gasteiger partial charge in [0, 0.05) is 10.0 Å². The smallest absolute Gasteiger partial charge is 0.321 e. The fourth-order valence-corrected chi connectivity index (χ4v) is 4.74. The second kappa shape index (κ2) is 8.46. The zero-order chi connectivity index (χ0) is 18.6. The third-order valence-electron chi connectivity index (χ3n) is 2.98. The van der Waals surface area contributed by atoms with Crippen molar-refractivity contribution in [3.05, 3.63) is 62.3 Å². The zero-order valence-corrected chi connectivity index (χ0v) is 16.3. The molecule has 0 heterocycles. The van der Waals surface area contributed by atoms with Crippen molar-refractivity contribution in [1.82, 2.24) is 4.72 Å². The number of rotatable bonds is 6. The van der Waals surface area contributed by atoms with Crippen LogP contribution in [0, 0.1) is 5.82 Å². The Morgan fingerprint density at radius 1 is 1.20 bits per heavy atom. The van der Waals surface area contributed by atoms with Crippen LogP contribution in [0.2, 0.25) is 10.0 Å². The van der Waals surface area contributed by atoms with Gasteiger partial charge in [0.25, 0.3) is 0 Å². The molecule has 5 nitrogen and oxygen atoms in total. The van der Waals surface area contributed by atoms with E-state index in [1.54, 1.807) is 6.07 Å². The average Bonchev–Trinajstić information content (AvgIpc) is 2.51. The van der Waals surface area contributed by atoms with Gasteiger partial charge in [0.05, 0.1) is 10.0 Å². The number of sulfonamides is 1. The van der Waals surface area contributed by atoms with E-state index in [4.69, 9.17) is 27.9 Å². The monoisotopic (exact) mass is 469 g/mol. The molecule has 2 aromatic rings. The molecule has 0 spiro atoms. The van der Waals surface area contributed by atoms with E-state index in [0.29, 0.717) is 4.47 Å². The summed E-state index contributed by atoms with van der Waals surface area (Å²) in [5, 5.41) is -0.210. The molecule has 134 valence electrons. The predicted molar refractivity (Wildman–Crippen MR) is 95.5 cm³/mol. The Kier molecular flexibility index (Phi) is 6.81. The summed E-state index contributed by atoms with van der Waals surface area (Å²) in [5.41, 5.74) is 0.178. The van der Waals surface area contributed by atoms with Crippen LogP contribution in [0.15, 0.2) is 45.8 Å². The van der Waals surface area contributed by atoms with Gasteiger partial charge in [0.15, 0.2) is 0 Å². The predicted octanol–water partition coefficient (Wildman–Crippen LogP) is 3.92. The number of halogens is 4. The first-order chi connectivity index (χ1) is 11.7. The van der Waals surface area contributed by atoms with Crippen molar-refractivity contribution >= 4 is 55.1 Å². The highest BCUT2D eigenvalue weighted by Gasteiger charge is 2.23. The highest BCUT2D eigenvalue weighted by Crippen LogP contribution is 2.32. The van der Waals surface area contributed by atoms with Gasteiger partial charge in [-0.25, -0.2) is 12.8 Å². The Morgan fingerprint density at radius 3 is 2.40 bits per heavy atom. The lowest BCUT2D eigenvalue weighted by Crippen LogP contribution is -2.31. The largest absolute Gasteiger partial charge is 0.460 e. The molecule has 0 unspecified atom stereocenters. The first kappa shape index (κ1) is 20.1. The van der Waals surface area contributed by atoms with Gasteiger partial charge in [-0.1, -0.05) is 57.3 Å². The molecule has 0 saturated carbocycles. The number of ether oxygens (including phenoxy) is 1. The molecule has 2 rings (SSSR count). The molecule has 1 N–H and O–H groups in total. The summed E-state index contributed by atoms with van der Waals surface area (Å²) >= 11 is 14.9. The third-order valence-corrected chi connectivity index (χ3v) is 5.76. The molecule has 0 aliphatic heterocycles. The van der Waals surface area contributed by atoms with Gasteiger partial charge in [-0.2, -0.15) is 4.72 Å². The Labute approximate surface area is 162 Å². The molecule has 0 aliphatic carbocycles. The van der Waals surface area contributed by atoms with Crippen molar-refractivity contribution in [2.45, 2.75) is 11.5 Å². The topological polar surface area (TPSA) is 72.5 Å². The SMILES string of the molecule is O=C(CNS(=O)(=O)c1c(Cl)cc(Br)cc1Cl)OCc1ccccc1F. The maximum Gasteiger partial charge on any atom is 0.321 e. The van der Waals surface area contributed by atoms with Crippen LogP contribution < -0.4 is 4.72 Å². The number of carbonyl (C=O) groups is 1. The summed E-state index contributed by atoms with van der Waals surface area (Å²) in [6, 6.07) is 8.49. The normalized spacial score (nSPS) is 11.4. The molecule has 10 heteroatoms. The summed E-state index contributed by atoms with van der Waals surface area (Å²) < 4.78 is 45.3. The third kappa shape index (κ3) is 5.39. The number of hydrogen-bond donors (Lipinski definition) is 1. The van der Waals surface area contributed by atoms with Crippen LogP contribution in [0.5, 0.6) is 0 Å². The van der Waals surface area contributed by atoms with Crippen molar-refractivity contribution in [3.63, 3.8) is 0 Å². The number of benzene rings is 2. The van der Waals surface area contributed by atoms with Crippen molar-refractivity contribution in [1.29, 1.82) is 0 Å². The average molecular weight is 471 g/mol. The van der Waals surface area contributed by atoms with E-state index in [9.17, 15) is 17.6 Å². The molecule has 0 bridgehead atoms. The molecule has 2 aromatic carbocycles. The lowest BCUT2D eigenvalue weighted by Gasteiger charge is -2.11. The van der Waals surface area contributed by atoms with E-state index in [1.165, 1.54) is 30.3 Å². The van der Waals surface area contributed by atoms with Crippen LogP contribution in [-0.4, -0.2) is 20.9 Å². The van der Waals surface area contributed by atoms with E-state index in [1.807, 2.05) is 4.72 Å². The number of carbonyl (C=O) groups excluding carboxylic acids is 1. The summed E-state index contributed by atoms with van der Waals surface area (Å²) in [7, 11) is -4.13. The Hall–Kier alpha value is -1.19. The summed E-state index contributed by atoms with van der Waals surface area (Å²) in [6.07, 6.45) is 0. The number of esters is 1. The van der Waals surface area contributed by atoms with E-state index < -0.39 is 28.4 Å². The van der Waals surface area contributed by atoms with Gasteiger partial charge in [-0.15, -0.1) is 0 Å². The van der Waals surface area contributed by atoms with Crippen molar-refractivity contribution in [3.8, 4) is 0 Å². The van der Waals surface area contributed by atoms with Crippen LogP contribution in [0.25, 0.3) is 0 Å². The van der Waals surface area contributed by atoms with Crippen LogP contribution in [0.4, 0.5) is 4.39 Å². The Morgan fingerprint density at radius 2 is 1.80 bits per heavy atom. The molecule has 0 aliphatic rings. The maximum absolute atomic E-state index is 13.4. The van der Waals surface area contributed by atoms with Gasteiger partial charge in [0.1, 0.15) is 23.9 Å². The molecule has 0 amide bonds. The molecule has 0 fully saturated rings. The fraction of sp³-hybridized carbons (Fsp3) is 0.133. The number of nitrogens with one attached hydrogen (secondary N) is 1. The highest BCUT2D eigenvalue weighted by atomic mass is 79.9. The van der Waals surface area contributed by atoms with Crippen molar-refractivity contribution < 1.29 is 22.3 Å². The minimum absolute atomic E-state index is 0.105. The van der Waals surface area contributed by atoms with Gasteiger partial charge in [-0.3, -0.25) is 4.79 Å². The van der Waals surface area contributed by atoms with E-state index in [-0.39, 0.29) is 27.1 Å². The van der Waals surface area contributed by atoms with Crippen LogP contribution >= 0.6 is 39.1 Å². The van der Waals surface area contributed by atoms with Gasteiger partial charge in [-0.05, 0) is 18.2 Å². The van der Waals surface area contributed by atoms with Crippen LogP contribution in [0.1, 0.15) is 5.56 Å². The van der Waals surface area contributed by atoms with Crippen LogP contribution in [0.3, 0.4) is 0 Å². The standard InChI is InChI=1S/C15H11BrCl2FNO4S/c16-10-5-11(17)15(12(18)6-10)25(22,23)20-7-14(21)24-8-9-3-1-2-4-13(9)19/h1-6,20H,7-8H2. The van der Waals surface area contributed by atoms with E-state index in [0.717, 1.165) is 0 Å². The lowest BCUT2D eigenvalue weighted by molar-refractivity contribution is -0.143. The molecule has 0 radical (unpaired) electrons. The summed E-state index contributed by atoms with van der Waals surface area (Å²) in [4.78, 5) is 11.3. The minimum atomic E-state index is -4.13. The second-order valence-electron chi connectivity index (χ2n) is 4.78. The van der Waals surface area contributed by atoms with E-state index >= 15 is 0 Å². The fourth-order valence-electron chi connectivity index (χ4n) is 1.84. The quantitative estimate of drug-likeness (QED) is 0.649. The molecule has 25 heavy (non-hydrogen) atoms. The first-order valence-corrected chi connectivity index (χ1v) is 9.77. The zero-order valence-electron chi connectivity index (χ0n) is 12.4. The number of hydrogen-bond acceptors (Lipinski definition) is 4. The molecule has 0 saturated heterocycles. The van der Waals surface area contributed by atoms with Gasteiger partial charge in [0.2, 0.25) is 10.0 Å². The Balaban J connectivity index is 2.00. The van der Waals surface area contributed by atoms with Gasteiger partial charge < -0.3 is 4.74 Å². The van der Waals surface area contributed by atoms with Gasteiger partial charge >= 0.3 is 5.97 Å². The highest BCUT2D eigenvalue weighted by molar-refractivity contribution is 9.10. The molecular formula is C15H11BrCl2FNO4S. The van der Waals surface area contributed by atoms with Crippen molar-refractivity contribution in [2.75, 3.05) is 6.54 Å². The molecule has 0 aromatic heterocycles. The summed E-state index contributed by atoms with van der Waals surface area (Å²) in [5.74, 6) is -1.40. The first-order valence-electron chi connectivity index (χ1n) is 6.74. The maximum atomic E-state index is 13.4. The second-order valence-corrected chi connectivity index (χ2v) is 8.21. The Bertz CT molecular complexity index is 885. The van der Waals surface area contributed by atoms with Crippen LogP contribution in [-0.2, 0) is 26.2 Å². The minimum Gasteiger partial charge on any atom is -0.460 e. The molecule has 0 atom stereocenters.